The van der Waals surface area contributed by atoms with Crippen LogP contribution in [0.5, 0.6) is 0 Å². The van der Waals surface area contributed by atoms with Gasteiger partial charge >= 0.3 is 0 Å². The molecule has 0 aliphatic carbocycles. The summed E-state index contributed by atoms with van der Waals surface area (Å²) >= 11 is 3.56. The van der Waals surface area contributed by atoms with Crippen LogP contribution in [0.3, 0.4) is 0 Å². The molecular formula is C17H26BrNSi. The molecule has 0 radical (unpaired) electrons. The minimum Gasteiger partial charge on any atom is -0.399 e. The van der Waals surface area contributed by atoms with Crippen LogP contribution in [0.15, 0.2) is 22.7 Å². The molecule has 0 saturated carbocycles. The monoisotopic (exact) mass is 351 g/mol. The van der Waals surface area contributed by atoms with Crippen molar-refractivity contribution in [3.8, 4) is 11.5 Å². The number of nitrogen functional groups attached to an aromatic ring is 1. The van der Waals surface area contributed by atoms with Gasteiger partial charge in [0.05, 0.1) is 0 Å². The van der Waals surface area contributed by atoms with E-state index in [9.17, 15) is 0 Å². The Bertz CT molecular complexity index is 502. The molecule has 0 fully saturated rings. The molecule has 2 N–H and O–H groups in total. The Hall–Kier alpha value is -0.723. The highest BCUT2D eigenvalue weighted by atomic mass is 79.9. The zero-order chi connectivity index (χ0) is 15.5. The van der Waals surface area contributed by atoms with Crippen LogP contribution in [-0.4, -0.2) is 8.07 Å². The van der Waals surface area contributed by atoms with Gasteiger partial charge in [-0.25, -0.2) is 0 Å². The maximum absolute atomic E-state index is 5.78. The lowest BCUT2D eigenvalue weighted by atomic mass is 10.2. The van der Waals surface area contributed by atoms with Gasteiger partial charge in [0.1, 0.15) is 8.07 Å². The third-order valence-corrected chi connectivity index (χ3v) is 11.2. The molecule has 0 aliphatic heterocycles. The smallest absolute Gasteiger partial charge is 0.146 e. The number of hydrogen-bond acceptors (Lipinski definition) is 1. The minimum absolute atomic E-state index is 0.655. The third kappa shape index (κ3) is 3.48. The van der Waals surface area contributed by atoms with E-state index in [2.05, 4.69) is 68.9 Å². The fraction of sp³-hybridized carbons (Fsp3) is 0.529. The van der Waals surface area contributed by atoms with Crippen LogP contribution < -0.4 is 5.73 Å². The summed E-state index contributed by atoms with van der Waals surface area (Å²) in [7, 11) is -1.66. The van der Waals surface area contributed by atoms with Crippen LogP contribution in [0, 0.1) is 11.5 Å². The van der Waals surface area contributed by atoms with Crippen LogP contribution in [0.2, 0.25) is 16.6 Å². The van der Waals surface area contributed by atoms with E-state index in [4.69, 9.17) is 5.73 Å². The number of rotatable bonds is 3. The van der Waals surface area contributed by atoms with E-state index in [1.807, 2.05) is 18.2 Å². The molecule has 0 unspecified atom stereocenters. The van der Waals surface area contributed by atoms with Crippen molar-refractivity contribution < 1.29 is 0 Å². The first kappa shape index (κ1) is 17.3. The lowest BCUT2D eigenvalue weighted by molar-refractivity contribution is 0.838. The van der Waals surface area contributed by atoms with Crippen LogP contribution in [0.4, 0.5) is 5.69 Å². The fourth-order valence-corrected chi connectivity index (χ4v) is 8.95. The average Bonchev–Trinajstić information content (AvgIpc) is 2.30. The Kier molecular flexibility index (Phi) is 5.91. The van der Waals surface area contributed by atoms with Gasteiger partial charge in [-0.2, -0.15) is 0 Å². The number of anilines is 1. The van der Waals surface area contributed by atoms with E-state index in [0.717, 1.165) is 15.7 Å². The highest BCUT2D eigenvalue weighted by Crippen LogP contribution is 2.40. The van der Waals surface area contributed by atoms with Crippen molar-refractivity contribution in [3.63, 3.8) is 0 Å². The van der Waals surface area contributed by atoms with Crippen LogP contribution in [-0.2, 0) is 0 Å². The molecule has 20 heavy (non-hydrogen) atoms. The van der Waals surface area contributed by atoms with Gasteiger partial charge in [0.25, 0.3) is 0 Å². The molecule has 1 aromatic carbocycles. The molecule has 0 spiro atoms. The van der Waals surface area contributed by atoms with Crippen molar-refractivity contribution in [1.82, 2.24) is 0 Å². The van der Waals surface area contributed by atoms with Crippen molar-refractivity contribution in [1.29, 1.82) is 0 Å². The van der Waals surface area contributed by atoms with Gasteiger partial charge in [0, 0.05) is 15.7 Å². The second kappa shape index (κ2) is 6.82. The summed E-state index contributed by atoms with van der Waals surface area (Å²) in [5.74, 6) is 3.43. The van der Waals surface area contributed by atoms with Crippen molar-refractivity contribution in [2.45, 2.75) is 58.2 Å². The molecule has 0 heterocycles. The largest absolute Gasteiger partial charge is 0.399 e. The maximum atomic E-state index is 5.78. The Morgan fingerprint density at radius 2 is 1.50 bits per heavy atom. The first-order valence-corrected chi connectivity index (χ1v) is 10.3. The second-order valence-corrected chi connectivity index (χ2v) is 12.8. The Morgan fingerprint density at radius 1 is 1.00 bits per heavy atom. The van der Waals surface area contributed by atoms with Gasteiger partial charge in [-0.1, -0.05) is 47.5 Å². The van der Waals surface area contributed by atoms with Crippen LogP contribution in [0.25, 0.3) is 0 Å². The van der Waals surface area contributed by atoms with E-state index in [1.54, 1.807) is 0 Å². The van der Waals surface area contributed by atoms with E-state index >= 15 is 0 Å². The average molecular weight is 352 g/mol. The van der Waals surface area contributed by atoms with Gasteiger partial charge in [0.2, 0.25) is 0 Å². The molecule has 1 aromatic rings. The van der Waals surface area contributed by atoms with Crippen molar-refractivity contribution in [3.05, 3.63) is 28.2 Å². The highest BCUT2D eigenvalue weighted by Gasteiger charge is 2.41. The summed E-state index contributed by atoms with van der Waals surface area (Å²) in [5.41, 5.74) is 13.3. The summed E-state index contributed by atoms with van der Waals surface area (Å²) in [4.78, 5) is 0. The predicted molar refractivity (Wildman–Crippen MR) is 96.5 cm³/mol. The Balaban J connectivity index is 3.30. The van der Waals surface area contributed by atoms with Crippen LogP contribution >= 0.6 is 15.9 Å². The topological polar surface area (TPSA) is 26.0 Å². The SMILES string of the molecule is CC(C)[Si](C#Cc1ccc(N)cc1Br)(C(C)C)C(C)C. The standard InChI is InChI=1S/C17H26BrNSi/c1-12(2)20(13(3)4,14(5)6)10-9-15-7-8-16(19)11-17(15)18/h7-8,11-14H,19H2,1-6H3. The second-order valence-electron chi connectivity index (χ2n) is 6.39. The first-order valence-electron chi connectivity index (χ1n) is 7.30. The summed E-state index contributed by atoms with van der Waals surface area (Å²) in [6.07, 6.45) is 0. The predicted octanol–water partition coefficient (Wildman–Crippen LogP) is 5.60. The zero-order valence-corrected chi connectivity index (χ0v) is 16.0. The van der Waals surface area contributed by atoms with Gasteiger partial charge in [0.15, 0.2) is 0 Å². The summed E-state index contributed by atoms with van der Waals surface area (Å²) in [5, 5.41) is 0. The summed E-state index contributed by atoms with van der Waals surface area (Å²) < 4.78 is 0.990. The van der Waals surface area contributed by atoms with Gasteiger partial charge in [-0.3, -0.25) is 0 Å². The molecule has 1 nitrogen and oxygen atoms in total. The molecule has 110 valence electrons. The molecule has 0 atom stereocenters. The van der Waals surface area contributed by atoms with E-state index in [0.29, 0.717) is 16.6 Å². The van der Waals surface area contributed by atoms with Gasteiger partial charge in [-0.05, 0) is 50.8 Å². The third-order valence-electron chi connectivity index (χ3n) is 4.27. The van der Waals surface area contributed by atoms with Crippen molar-refractivity contribution in [2.75, 3.05) is 5.73 Å². The first-order chi connectivity index (χ1) is 9.21. The highest BCUT2D eigenvalue weighted by molar-refractivity contribution is 9.10. The number of halogens is 1. The van der Waals surface area contributed by atoms with Gasteiger partial charge < -0.3 is 5.73 Å². The van der Waals surface area contributed by atoms with Gasteiger partial charge in [-0.15, -0.1) is 5.54 Å². The minimum atomic E-state index is -1.66. The Morgan fingerprint density at radius 3 is 1.90 bits per heavy atom. The molecule has 0 aromatic heterocycles. The Labute approximate surface area is 133 Å². The molecule has 3 heteroatoms. The molecule has 0 amide bonds. The lowest BCUT2D eigenvalue weighted by Crippen LogP contribution is -2.43. The molecule has 0 saturated heterocycles. The van der Waals surface area contributed by atoms with E-state index in [1.165, 1.54) is 0 Å². The quantitative estimate of drug-likeness (QED) is 0.428. The van der Waals surface area contributed by atoms with Crippen LogP contribution in [0.1, 0.15) is 47.1 Å². The van der Waals surface area contributed by atoms with Crippen molar-refractivity contribution in [2.24, 2.45) is 0 Å². The molecule has 1 rings (SSSR count). The number of benzene rings is 1. The molecule has 0 bridgehead atoms. The zero-order valence-electron chi connectivity index (χ0n) is 13.4. The molecule has 0 aliphatic rings. The summed E-state index contributed by atoms with van der Waals surface area (Å²) in [6.45, 7) is 14.0. The number of nitrogens with two attached hydrogens (primary N) is 1. The maximum Gasteiger partial charge on any atom is 0.146 e. The molecular weight excluding hydrogens is 326 g/mol. The van der Waals surface area contributed by atoms with Crippen molar-refractivity contribution >= 4 is 29.7 Å². The summed E-state index contributed by atoms with van der Waals surface area (Å²) in [6, 6.07) is 5.85. The fourth-order valence-electron chi connectivity index (χ4n) is 3.24. The lowest BCUT2D eigenvalue weighted by Gasteiger charge is -2.38. The number of hydrogen-bond donors (Lipinski definition) is 1. The normalized spacial score (nSPS) is 11.9. The van der Waals surface area contributed by atoms with E-state index < -0.39 is 8.07 Å². The van der Waals surface area contributed by atoms with E-state index in [-0.39, 0.29) is 0 Å².